The van der Waals surface area contributed by atoms with E-state index in [4.69, 9.17) is 15.7 Å². The van der Waals surface area contributed by atoms with Gasteiger partial charge in [0.2, 0.25) is 0 Å². The van der Waals surface area contributed by atoms with Crippen molar-refractivity contribution >= 4 is 5.84 Å². The normalized spacial score (nSPS) is 12.3. The molecule has 1 aromatic heterocycles. The zero-order valence-electron chi connectivity index (χ0n) is 11.5. The predicted molar refractivity (Wildman–Crippen MR) is 70.9 cm³/mol. The predicted octanol–water partition coefficient (Wildman–Crippen LogP) is -0.117. The number of aryl methyl sites for hydroxylation is 1. The van der Waals surface area contributed by atoms with Crippen LogP contribution in [0.5, 0.6) is 0 Å². The molecule has 19 heavy (non-hydrogen) atoms. The van der Waals surface area contributed by atoms with Crippen molar-refractivity contribution in [3.05, 3.63) is 12.2 Å². The first-order valence-corrected chi connectivity index (χ1v) is 6.25. The highest BCUT2D eigenvalue weighted by molar-refractivity contribution is 5.79. The quantitative estimate of drug-likeness (QED) is 0.281. The molecular formula is C11H22N6O2. The summed E-state index contributed by atoms with van der Waals surface area (Å²) in [6, 6.07) is 0. The second-order valence-electron chi connectivity index (χ2n) is 4.10. The Kier molecular flexibility index (Phi) is 6.83. The summed E-state index contributed by atoms with van der Waals surface area (Å²) in [5.74, 6) is 1.12. The minimum Gasteiger partial charge on any atom is -0.409 e. The number of hydrogen-bond acceptors (Lipinski definition) is 6. The monoisotopic (exact) mass is 270 g/mol. The number of aromatic nitrogens is 3. The van der Waals surface area contributed by atoms with Crippen LogP contribution in [0.1, 0.15) is 19.2 Å². The average Bonchev–Trinajstić information content (AvgIpc) is 2.88. The summed E-state index contributed by atoms with van der Waals surface area (Å²) in [5.41, 5.74) is 5.49. The minimum absolute atomic E-state index is 0.222. The molecule has 1 aromatic rings. The molecule has 0 unspecified atom stereocenters. The lowest BCUT2D eigenvalue weighted by Gasteiger charge is -2.21. The number of nitrogens with zero attached hydrogens (tertiary/aromatic N) is 5. The largest absolute Gasteiger partial charge is 0.409 e. The molecule has 8 heteroatoms. The number of rotatable bonds is 9. The van der Waals surface area contributed by atoms with Crippen molar-refractivity contribution in [2.24, 2.45) is 10.9 Å². The SMILES string of the molecule is CCn1ncnc1CN(CCOC)CCC(N)=NO. The third-order valence-corrected chi connectivity index (χ3v) is 2.78. The highest BCUT2D eigenvalue weighted by Gasteiger charge is 2.11. The molecular weight excluding hydrogens is 248 g/mol. The topological polar surface area (TPSA) is 102 Å². The first kappa shape index (κ1) is 15.4. The van der Waals surface area contributed by atoms with Gasteiger partial charge in [-0.2, -0.15) is 5.10 Å². The fourth-order valence-electron chi connectivity index (χ4n) is 1.69. The summed E-state index contributed by atoms with van der Waals surface area (Å²) >= 11 is 0. The number of nitrogens with two attached hydrogens (primary N) is 1. The molecule has 0 aliphatic carbocycles. The lowest BCUT2D eigenvalue weighted by atomic mass is 10.3. The van der Waals surface area contributed by atoms with Gasteiger partial charge in [0.05, 0.1) is 13.2 Å². The van der Waals surface area contributed by atoms with Crippen molar-refractivity contribution in [1.82, 2.24) is 19.7 Å². The Morgan fingerprint density at radius 3 is 3.00 bits per heavy atom. The van der Waals surface area contributed by atoms with Crippen LogP contribution in [0.4, 0.5) is 0 Å². The van der Waals surface area contributed by atoms with E-state index in [1.54, 1.807) is 13.4 Å². The van der Waals surface area contributed by atoms with Crippen LogP contribution < -0.4 is 5.73 Å². The summed E-state index contributed by atoms with van der Waals surface area (Å²) in [4.78, 5) is 6.38. The number of ether oxygens (including phenoxy) is 1. The van der Waals surface area contributed by atoms with Crippen LogP contribution in [0.15, 0.2) is 11.5 Å². The maximum Gasteiger partial charge on any atom is 0.140 e. The number of oxime groups is 1. The van der Waals surface area contributed by atoms with Gasteiger partial charge in [-0.3, -0.25) is 4.90 Å². The summed E-state index contributed by atoms with van der Waals surface area (Å²) in [7, 11) is 1.66. The van der Waals surface area contributed by atoms with Gasteiger partial charge in [0.15, 0.2) is 0 Å². The van der Waals surface area contributed by atoms with Crippen molar-refractivity contribution in [3.8, 4) is 0 Å². The van der Waals surface area contributed by atoms with Gasteiger partial charge in [-0.05, 0) is 6.92 Å². The molecule has 0 bridgehead atoms. The van der Waals surface area contributed by atoms with E-state index < -0.39 is 0 Å². The van der Waals surface area contributed by atoms with E-state index in [0.29, 0.717) is 26.1 Å². The maximum atomic E-state index is 8.56. The van der Waals surface area contributed by atoms with Crippen molar-refractivity contribution in [3.63, 3.8) is 0 Å². The Balaban J connectivity index is 2.58. The van der Waals surface area contributed by atoms with Crippen molar-refractivity contribution in [2.75, 3.05) is 26.8 Å². The van der Waals surface area contributed by atoms with Crippen molar-refractivity contribution in [2.45, 2.75) is 26.4 Å². The lowest BCUT2D eigenvalue weighted by molar-refractivity contribution is 0.143. The van der Waals surface area contributed by atoms with Crippen molar-refractivity contribution < 1.29 is 9.94 Å². The maximum absolute atomic E-state index is 8.56. The summed E-state index contributed by atoms with van der Waals surface area (Å²) < 4.78 is 6.94. The van der Waals surface area contributed by atoms with E-state index in [0.717, 1.165) is 18.9 Å². The van der Waals surface area contributed by atoms with E-state index in [1.165, 1.54) is 0 Å². The number of methoxy groups -OCH3 is 1. The van der Waals surface area contributed by atoms with Gasteiger partial charge in [-0.15, -0.1) is 0 Å². The van der Waals surface area contributed by atoms with Gasteiger partial charge in [0, 0.05) is 33.2 Å². The molecule has 0 aliphatic rings. The number of hydrogen-bond donors (Lipinski definition) is 2. The van der Waals surface area contributed by atoms with E-state index in [2.05, 4.69) is 20.1 Å². The highest BCUT2D eigenvalue weighted by Crippen LogP contribution is 2.02. The van der Waals surface area contributed by atoms with Gasteiger partial charge in [0.1, 0.15) is 18.0 Å². The van der Waals surface area contributed by atoms with Gasteiger partial charge < -0.3 is 15.7 Å². The standard InChI is InChI=1S/C11H22N6O2/c1-3-17-11(13-9-14-17)8-16(6-7-19-2)5-4-10(12)15-18/h9,18H,3-8H2,1-2H3,(H2,12,15). The van der Waals surface area contributed by atoms with Crippen LogP contribution in [0.25, 0.3) is 0 Å². The fraction of sp³-hybridized carbons (Fsp3) is 0.727. The molecule has 1 rings (SSSR count). The second kappa shape index (κ2) is 8.44. The zero-order valence-corrected chi connectivity index (χ0v) is 11.5. The minimum atomic E-state index is 0.222. The Bertz CT molecular complexity index is 392. The Morgan fingerprint density at radius 2 is 2.37 bits per heavy atom. The van der Waals surface area contributed by atoms with Gasteiger partial charge in [0.25, 0.3) is 0 Å². The molecule has 0 amide bonds. The third-order valence-electron chi connectivity index (χ3n) is 2.78. The summed E-state index contributed by atoms with van der Waals surface area (Å²) in [6.45, 7) is 5.52. The number of amidine groups is 1. The molecule has 0 spiro atoms. The van der Waals surface area contributed by atoms with E-state index >= 15 is 0 Å². The molecule has 0 atom stereocenters. The molecule has 1 heterocycles. The smallest absolute Gasteiger partial charge is 0.140 e. The Hall–Kier alpha value is -1.67. The molecule has 8 nitrogen and oxygen atoms in total. The highest BCUT2D eigenvalue weighted by atomic mass is 16.5. The summed E-state index contributed by atoms with van der Waals surface area (Å²) in [6.07, 6.45) is 2.05. The van der Waals surface area contributed by atoms with Crippen LogP contribution in [-0.2, 0) is 17.8 Å². The first-order valence-electron chi connectivity index (χ1n) is 6.25. The molecule has 0 aromatic carbocycles. The van der Waals surface area contributed by atoms with Crippen LogP contribution in [0.3, 0.4) is 0 Å². The summed E-state index contributed by atoms with van der Waals surface area (Å²) in [5, 5.41) is 15.7. The third kappa shape index (κ3) is 5.23. The molecule has 108 valence electrons. The Labute approximate surface area is 112 Å². The fourth-order valence-corrected chi connectivity index (χ4v) is 1.69. The first-order chi connectivity index (χ1) is 9.21. The van der Waals surface area contributed by atoms with Crippen LogP contribution in [0.2, 0.25) is 0 Å². The van der Waals surface area contributed by atoms with Crippen LogP contribution in [-0.4, -0.2) is 57.5 Å². The molecule has 0 saturated carbocycles. The Morgan fingerprint density at radius 1 is 1.58 bits per heavy atom. The zero-order chi connectivity index (χ0) is 14.1. The van der Waals surface area contributed by atoms with Crippen LogP contribution in [0, 0.1) is 0 Å². The molecule has 0 saturated heterocycles. The van der Waals surface area contributed by atoms with Crippen molar-refractivity contribution in [1.29, 1.82) is 0 Å². The van der Waals surface area contributed by atoms with Gasteiger partial charge in [-0.1, -0.05) is 5.16 Å². The average molecular weight is 270 g/mol. The second-order valence-corrected chi connectivity index (χ2v) is 4.10. The molecule has 0 fully saturated rings. The molecule has 0 aliphatic heterocycles. The van der Waals surface area contributed by atoms with E-state index in [9.17, 15) is 0 Å². The van der Waals surface area contributed by atoms with Gasteiger partial charge >= 0.3 is 0 Å². The van der Waals surface area contributed by atoms with Gasteiger partial charge in [-0.25, -0.2) is 9.67 Å². The van der Waals surface area contributed by atoms with E-state index in [1.807, 2.05) is 11.6 Å². The molecule has 3 N–H and O–H groups in total. The van der Waals surface area contributed by atoms with Crippen LogP contribution >= 0.6 is 0 Å². The molecule has 0 radical (unpaired) electrons. The lowest BCUT2D eigenvalue weighted by Crippen LogP contribution is -2.32. The van der Waals surface area contributed by atoms with E-state index in [-0.39, 0.29) is 5.84 Å².